The van der Waals surface area contributed by atoms with Gasteiger partial charge in [-0.1, -0.05) is 12.1 Å². The van der Waals surface area contributed by atoms with Crippen LogP contribution < -0.4 is 0 Å². The summed E-state index contributed by atoms with van der Waals surface area (Å²) in [4.78, 5) is 1.76. The molecule has 1 aliphatic heterocycles. The number of β-amino-alcohol motifs (C(OH)–C–C–N with tert-alkyl or cyclic N) is 1. The van der Waals surface area contributed by atoms with Gasteiger partial charge in [-0.2, -0.15) is 13.2 Å². The predicted molar refractivity (Wildman–Crippen MR) is 69.4 cm³/mol. The number of piperidine rings is 1. The summed E-state index contributed by atoms with van der Waals surface area (Å²) in [6.07, 6.45) is -5.93. The number of benzene rings is 1. The molecule has 1 heterocycles. The molecule has 0 spiro atoms. The van der Waals surface area contributed by atoms with Crippen LogP contribution in [0.3, 0.4) is 0 Å². The predicted octanol–water partition coefficient (Wildman–Crippen LogP) is 0.994. The van der Waals surface area contributed by atoms with Gasteiger partial charge in [0.1, 0.15) is 0 Å². The van der Waals surface area contributed by atoms with Gasteiger partial charge in [-0.3, -0.25) is 4.90 Å². The van der Waals surface area contributed by atoms with Gasteiger partial charge < -0.3 is 15.3 Å². The van der Waals surface area contributed by atoms with E-state index in [-0.39, 0.29) is 25.6 Å². The monoisotopic (exact) mass is 305 g/mol. The maximum absolute atomic E-state index is 12.5. The van der Waals surface area contributed by atoms with Gasteiger partial charge in [0.25, 0.3) is 0 Å². The number of rotatable bonds is 3. The fourth-order valence-electron chi connectivity index (χ4n) is 2.51. The largest absolute Gasteiger partial charge is 0.416 e. The first-order valence-corrected chi connectivity index (χ1v) is 6.68. The number of alkyl halides is 3. The Labute approximate surface area is 120 Å². The van der Waals surface area contributed by atoms with E-state index in [1.807, 2.05) is 0 Å². The standard InChI is InChI=1S/C14H18F3NO3/c15-14(16,17)10-3-1-9(2-4-10)6-18-7-13(21)12(20)5-11(18)8-19/h1-4,11-13,19-21H,5-8H2/t11-,12-,13-/m0/s1. The Morgan fingerprint density at radius 2 is 1.71 bits per heavy atom. The van der Waals surface area contributed by atoms with Crippen LogP contribution in [-0.4, -0.2) is 51.6 Å². The van der Waals surface area contributed by atoms with E-state index < -0.39 is 23.9 Å². The first kappa shape index (κ1) is 16.2. The van der Waals surface area contributed by atoms with Crippen LogP contribution in [0.25, 0.3) is 0 Å². The summed E-state index contributed by atoms with van der Waals surface area (Å²) in [7, 11) is 0. The second-order valence-corrected chi connectivity index (χ2v) is 5.33. The van der Waals surface area contributed by atoms with Crippen molar-refractivity contribution >= 4 is 0 Å². The summed E-state index contributed by atoms with van der Waals surface area (Å²) in [5.41, 5.74) is -0.0518. The fraction of sp³-hybridized carbons (Fsp3) is 0.571. The van der Waals surface area contributed by atoms with E-state index >= 15 is 0 Å². The molecule has 2 rings (SSSR count). The number of hydrogen-bond acceptors (Lipinski definition) is 4. The molecule has 0 amide bonds. The van der Waals surface area contributed by atoms with E-state index in [1.165, 1.54) is 12.1 Å². The zero-order valence-corrected chi connectivity index (χ0v) is 11.3. The molecule has 1 aromatic rings. The number of aliphatic hydroxyl groups excluding tert-OH is 3. The first-order valence-electron chi connectivity index (χ1n) is 6.68. The Hall–Kier alpha value is -1.15. The summed E-state index contributed by atoms with van der Waals surface area (Å²) in [6.45, 7) is 0.310. The molecular formula is C14H18F3NO3. The highest BCUT2D eigenvalue weighted by Gasteiger charge is 2.33. The first-order chi connectivity index (χ1) is 9.81. The molecule has 0 unspecified atom stereocenters. The molecule has 3 N–H and O–H groups in total. The summed E-state index contributed by atoms with van der Waals surface area (Å²) < 4.78 is 37.5. The smallest absolute Gasteiger partial charge is 0.395 e. The van der Waals surface area contributed by atoms with Crippen molar-refractivity contribution in [2.45, 2.75) is 37.4 Å². The third-order valence-corrected chi connectivity index (χ3v) is 3.77. The normalized spacial score (nSPS) is 27.8. The van der Waals surface area contributed by atoms with Crippen LogP contribution in [0.1, 0.15) is 17.5 Å². The minimum absolute atomic E-state index is 0.174. The third-order valence-electron chi connectivity index (χ3n) is 3.77. The van der Waals surface area contributed by atoms with Crippen molar-refractivity contribution in [1.29, 1.82) is 0 Å². The summed E-state index contributed by atoms with van der Waals surface area (Å²) in [6, 6.07) is 4.48. The maximum atomic E-state index is 12.5. The van der Waals surface area contributed by atoms with Crippen LogP contribution in [0.2, 0.25) is 0 Å². The highest BCUT2D eigenvalue weighted by Crippen LogP contribution is 2.29. The highest BCUT2D eigenvalue weighted by molar-refractivity contribution is 5.24. The van der Waals surface area contributed by atoms with Gasteiger partial charge in [0.05, 0.1) is 24.4 Å². The molecule has 3 atom stereocenters. The topological polar surface area (TPSA) is 63.9 Å². The van der Waals surface area contributed by atoms with E-state index in [2.05, 4.69) is 0 Å². The number of hydrogen-bond donors (Lipinski definition) is 3. The Morgan fingerprint density at radius 3 is 2.24 bits per heavy atom. The second kappa shape index (κ2) is 6.31. The lowest BCUT2D eigenvalue weighted by molar-refractivity contribution is -0.137. The van der Waals surface area contributed by atoms with Gasteiger partial charge in [-0.15, -0.1) is 0 Å². The number of likely N-dealkylation sites (tertiary alicyclic amines) is 1. The molecule has 1 saturated heterocycles. The molecule has 0 saturated carbocycles. The summed E-state index contributed by atoms with van der Waals surface area (Å²) in [5, 5.41) is 28.6. The lowest BCUT2D eigenvalue weighted by Gasteiger charge is -2.39. The van der Waals surface area contributed by atoms with Crippen molar-refractivity contribution in [3.63, 3.8) is 0 Å². The van der Waals surface area contributed by atoms with Crippen LogP contribution in [-0.2, 0) is 12.7 Å². The summed E-state index contributed by atoms with van der Waals surface area (Å²) >= 11 is 0. The molecule has 0 aliphatic carbocycles. The lowest BCUT2D eigenvalue weighted by Crippen LogP contribution is -2.53. The fourth-order valence-corrected chi connectivity index (χ4v) is 2.51. The van der Waals surface area contributed by atoms with Crippen molar-refractivity contribution in [2.24, 2.45) is 0 Å². The van der Waals surface area contributed by atoms with Crippen molar-refractivity contribution in [1.82, 2.24) is 4.90 Å². The Bertz CT molecular complexity index is 464. The van der Waals surface area contributed by atoms with E-state index in [4.69, 9.17) is 0 Å². The Kier molecular flexibility index (Phi) is 4.88. The Balaban J connectivity index is 2.06. The SMILES string of the molecule is OC[C@@H]1C[C@H](O)[C@@H](O)CN1Cc1ccc(C(F)(F)F)cc1. The average molecular weight is 305 g/mol. The average Bonchev–Trinajstić information content (AvgIpc) is 2.42. The molecule has 21 heavy (non-hydrogen) atoms. The van der Waals surface area contributed by atoms with E-state index in [9.17, 15) is 28.5 Å². The van der Waals surface area contributed by atoms with Crippen LogP contribution in [0.15, 0.2) is 24.3 Å². The van der Waals surface area contributed by atoms with Gasteiger partial charge in [-0.25, -0.2) is 0 Å². The van der Waals surface area contributed by atoms with Crippen LogP contribution in [0, 0.1) is 0 Å². The zero-order chi connectivity index (χ0) is 15.6. The summed E-state index contributed by atoms with van der Waals surface area (Å²) in [5.74, 6) is 0. The molecular weight excluding hydrogens is 287 g/mol. The van der Waals surface area contributed by atoms with E-state index in [0.29, 0.717) is 12.1 Å². The lowest BCUT2D eigenvalue weighted by atomic mass is 9.97. The van der Waals surface area contributed by atoms with E-state index in [0.717, 1.165) is 12.1 Å². The highest BCUT2D eigenvalue weighted by atomic mass is 19.4. The quantitative estimate of drug-likeness (QED) is 0.779. The molecule has 0 bridgehead atoms. The van der Waals surface area contributed by atoms with Gasteiger partial charge in [-0.05, 0) is 24.1 Å². The van der Waals surface area contributed by atoms with Crippen LogP contribution >= 0.6 is 0 Å². The minimum Gasteiger partial charge on any atom is -0.395 e. The molecule has 1 aromatic carbocycles. The van der Waals surface area contributed by atoms with Crippen molar-refractivity contribution in [3.8, 4) is 0 Å². The van der Waals surface area contributed by atoms with Gasteiger partial charge in [0.2, 0.25) is 0 Å². The maximum Gasteiger partial charge on any atom is 0.416 e. The molecule has 4 nitrogen and oxygen atoms in total. The van der Waals surface area contributed by atoms with Gasteiger partial charge in [0, 0.05) is 19.1 Å². The molecule has 7 heteroatoms. The number of nitrogens with zero attached hydrogens (tertiary/aromatic N) is 1. The number of halogens is 3. The van der Waals surface area contributed by atoms with Gasteiger partial charge in [0.15, 0.2) is 0 Å². The molecule has 1 aliphatic rings. The minimum atomic E-state index is -4.36. The second-order valence-electron chi connectivity index (χ2n) is 5.33. The molecule has 118 valence electrons. The van der Waals surface area contributed by atoms with Crippen molar-refractivity contribution in [2.75, 3.05) is 13.2 Å². The van der Waals surface area contributed by atoms with Crippen molar-refractivity contribution < 1.29 is 28.5 Å². The van der Waals surface area contributed by atoms with E-state index in [1.54, 1.807) is 4.90 Å². The molecule has 1 fully saturated rings. The van der Waals surface area contributed by atoms with Crippen LogP contribution in [0.4, 0.5) is 13.2 Å². The zero-order valence-electron chi connectivity index (χ0n) is 11.3. The molecule has 0 aromatic heterocycles. The Morgan fingerprint density at radius 1 is 1.10 bits per heavy atom. The van der Waals surface area contributed by atoms with Crippen molar-refractivity contribution in [3.05, 3.63) is 35.4 Å². The molecule has 0 radical (unpaired) electrons. The van der Waals surface area contributed by atoms with Gasteiger partial charge >= 0.3 is 6.18 Å². The third kappa shape index (κ3) is 3.94. The van der Waals surface area contributed by atoms with Crippen LogP contribution in [0.5, 0.6) is 0 Å². The number of aliphatic hydroxyl groups is 3.